The highest BCUT2D eigenvalue weighted by Crippen LogP contribution is 2.26. The molecule has 2 unspecified atom stereocenters. The van der Waals surface area contributed by atoms with Gasteiger partial charge >= 0.3 is 5.97 Å². The standard InChI is InChI=1S/C12H15BrN2O3/c1-7-3-4-15(10(7)12(17)18)11(16)9-5-8(13)6-14(9)2/h5-7,10H,3-4H2,1-2H3,(H,17,18). The number of aromatic nitrogens is 1. The molecule has 98 valence electrons. The molecule has 1 amide bonds. The van der Waals surface area contributed by atoms with Gasteiger partial charge in [-0.25, -0.2) is 4.79 Å². The second kappa shape index (κ2) is 4.76. The Labute approximate surface area is 114 Å². The minimum absolute atomic E-state index is 0.00448. The van der Waals surface area contributed by atoms with Crippen LogP contribution in [0.15, 0.2) is 16.7 Å². The van der Waals surface area contributed by atoms with Gasteiger partial charge in [-0.05, 0) is 34.3 Å². The minimum Gasteiger partial charge on any atom is -0.480 e. The smallest absolute Gasteiger partial charge is 0.326 e. The number of aryl methyl sites for hydroxylation is 1. The first kappa shape index (κ1) is 13.1. The lowest BCUT2D eigenvalue weighted by Crippen LogP contribution is -2.43. The van der Waals surface area contributed by atoms with Crippen LogP contribution in [0.1, 0.15) is 23.8 Å². The van der Waals surface area contributed by atoms with E-state index in [9.17, 15) is 14.7 Å². The van der Waals surface area contributed by atoms with Crippen molar-refractivity contribution in [1.82, 2.24) is 9.47 Å². The van der Waals surface area contributed by atoms with Gasteiger partial charge in [-0.3, -0.25) is 4.79 Å². The van der Waals surface area contributed by atoms with Crippen LogP contribution >= 0.6 is 15.9 Å². The number of halogens is 1. The molecular weight excluding hydrogens is 300 g/mol. The zero-order chi connectivity index (χ0) is 13.4. The van der Waals surface area contributed by atoms with Gasteiger partial charge in [0.1, 0.15) is 11.7 Å². The van der Waals surface area contributed by atoms with Gasteiger partial charge in [0.05, 0.1) is 0 Å². The molecule has 0 saturated carbocycles. The summed E-state index contributed by atoms with van der Waals surface area (Å²) >= 11 is 3.31. The molecule has 2 heterocycles. The van der Waals surface area contributed by atoms with Gasteiger partial charge in [-0.1, -0.05) is 6.92 Å². The van der Waals surface area contributed by atoms with Gasteiger partial charge in [0.2, 0.25) is 0 Å². The number of hydrogen-bond donors (Lipinski definition) is 1. The largest absolute Gasteiger partial charge is 0.480 e. The average Bonchev–Trinajstić information content (AvgIpc) is 2.80. The molecule has 1 fully saturated rings. The SMILES string of the molecule is CC1CCN(C(=O)c2cc(Br)cn2C)C1C(=O)O. The molecule has 6 heteroatoms. The summed E-state index contributed by atoms with van der Waals surface area (Å²) in [5.74, 6) is -1.16. The molecule has 0 aliphatic carbocycles. The number of carbonyl (C=O) groups excluding carboxylic acids is 1. The number of aliphatic carboxylic acids is 1. The molecular formula is C12H15BrN2O3. The lowest BCUT2D eigenvalue weighted by molar-refractivity contribution is -0.142. The normalized spacial score (nSPS) is 23.4. The second-order valence-electron chi connectivity index (χ2n) is 4.70. The number of nitrogens with zero attached hydrogens (tertiary/aromatic N) is 2. The van der Waals surface area contributed by atoms with E-state index in [4.69, 9.17) is 0 Å². The molecule has 1 aliphatic rings. The molecule has 18 heavy (non-hydrogen) atoms. The van der Waals surface area contributed by atoms with E-state index in [2.05, 4.69) is 15.9 Å². The number of likely N-dealkylation sites (tertiary alicyclic amines) is 1. The first-order chi connectivity index (χ1) is 8.41. The summed E-state index contributed by atoms with van der Waals surface area (Å²) in [5, 5.41) is 9.21. The summed E-state index contributed by atoms with van der Waals surface area (Å²) in [4.78, 5) is 25.1. The molecule has 0 radical (unpaired) electrons. The lowest BCUT2D eigenvalue weighted by atomic mass is 10.0. The highest BCUT2D eigenvalue weighted by Gasteiger charge is 2.40. The predicted octanol–water partition coefficient (Wildman–Crippen LogP) is 1.72. The molecule has 5 nitrogen and oxygen atoms in total. The first-order valence-electron chi connectivity index (χ1n) is 5.77. The lowest BCUT2D eigenvalue weighted by Gasteiger charge is -2.23. The van der Waals surface area contributed by atoms with Gasteiger partial charge < -0.3 is 14.6 Å². The molecule has 2 rings (SSSR count). The van der Waals surface area contributed by atoms with Crippen molar-refractivity contribution in [2.24, 2.45) is 13.0 Å². The van der Waals surface area contributed by atoms with Crippen LogP contribution in [-0.2, 0) is 11.8 Å². The van der Waals surface area contributed by atoms with Crippen molar-refractivity contribution in [1.29, 1.82) is 0 Å². The van der Waals surface area contributed by atoms with Gasteiger partial charge in [0, 0.05) is 24.3 Å². The molecule has 1 aliphatic heterocycles. The highest BCUT2D eigenvalue weighted by molar-refractivity contribution is 9.10. The Morgan fingerprint density at radius 1 is 1.50 bits per heavy atom. The van der Waals surface area contributed by atoms with E-state index in [1.807, 2.05) is 6.92 Å². The van der Waals surface area contributed by atoms with Crippen molar-refractivity contribution in [2.45, 2.75) is 19.4 Å². The van der Waals surface area contributed by atoms with Crippen LogP contribution in [0.3, 0.4) is 0 Å². The fourth-order valence-corrected chi connectivity index (χ4v) is 2.96. The van der Waals surface area contributed by atoms with E-state index < -0.39 is 12.0 Å². The number of carboxylic acids is 1. The van der Waals surface area contributed by atoms with Gasteiger partial charge in [0.15, 0.2) is 0 Å². The summed E-state index contributed by atoms with van der Waals surface area (Å²) in [6, 6.07) is 0.996. The number of hydrogen-bond acceptors (Lipinski definition) is 2. The van der Waals surface area contributed by atoms with E-state index in [0.717, 1.165) is 10.9 Å². The van der Waals surface area contributed by atoms with E-state index in [-0.39, 0.29) is 11.8 Å². The van der Waals surface area contributed by atoms with Crippen LogP contribution in [-0.4, -0.2) is 39.0 Å². The maximum atomic E-state index is 12.4. The quantitative estimate of drug-likeness (QED) is 0.904. The Morgan fingerprint density at radius 2 is 2.17 bits per heavy atom. The molecule has 2 atom stereocenters. The van der Waals surface area contributed by atoms with Gasteiger partial charge in [0.25, 0.3) is 5.91 Å². The fraction of sp³-hybridized carbons (Fsp3) is 0.500. The van der Waals surface area contributed by atoms with Crippen LogP contribution in [0, 0.1) is 5.92 Å². The maximum Gasteiger partial charge on any atom is 0.326 e. The Kier molecular flexibility index (Phi) is 3.47. The number of carboxylic acid groups (broad SMARTS) is 1. The van der Waals surface area contributed by atoms with Crippen LogP contribution in [0.5, 0.6) is 0 Å². The molecule has 0 bridgehead atoms. The maximum absolute atomic E-state index is 12.4. The van der Waals surface area contributed by atoms with Crippen molar-refractivity contribution in [3.63, 3.8) is 0 Å². The zero-order valence-electron chi connectivity index (χ0n) is 10.3. The first-order valence-corrected chi connectivity index (χ1v) is 6.56. The Bertz CT molecular complexity index is 498. The molecule has 0 aromatic carbocycles. The molecule has 1 aromatic heterocycles. The summed E-state index contributed by atoms with van der Waals surface area (Å²) in [6.45, 7) is 2.37. The Balaban J connectivity index is 2.29. The van der Waals surface area contributed by atoms with Crippen molar-refractivity contribution in [3.8, 4) is 0 Å². The minimum atomic E-state index is -0.929. The van der Waals surface area contributed by atoms with E-state index in [1.165, 1.54) is 4.90 Å². The molecule has 1 N–H and O–H groups in total. The Morgan fingerprint density at radius 3 is 2.67 bits per heavy atom. The summed E-state index contributed by atoms with van der Waals surface area (Å²) in [5.41, 5.74) is 0.502. The van der Waals surface area contributed by atoms with Crippen LogP contribution < -0.4 is 0 Å². The predicted molar refractivity (Wildman–Crippen MR) is 69.4 cm³/mol. The molecule has 0 spiro atoms. The van der Waals surface area contributed by atoms with E-state index >= 15 is 0 Å². The highest BCUT2D eigenvalue weighted by atomic mass is 79.9. The van der Waals surface area contributed by atoms with Crippen LogP contribution in [0.4, 0.5) is 0 Å². The van der Waals surface area contributed by atoms with Gasteiger partial charge in [-0.15, -0.1) is 0 Å². The average molecular weight is 315 g/mol. The summed E-state index contributed by atoms with van der Waals surface area (Å²) < 4.78 is 2.52. The zero-order valence-corrected chi connectivity index (χ0v) is 11.8. The van der Waals surface area contributed by atoms with Crippen molar-refractivity contribution >= 4 is 27.8 Å². The van der Waals surface area contributed by atoms with E-state index in [1.54, 1.807) is 23.9 Å². The second-order valence-corrected chi connectivity index (χ2v) is 5.62. The van der Waals surface area contributed by atoms with Crippen molar-refractivity contribution in [2.75, 3.05) is 6.54 Å². The third-order valence-corrected chi connectivity index (χ3v) is 3.84. The summed E-state index contributed by atoms with van der Waals surface area (Å²) in [7, 11) is 1.77. The van der Waals surface area contributed by atoms with Crippen molar-refractivity contribution in [3.05, 3.63) is 22.4 Å². The van der Waals surface area contributed by atoms with Gasteiger partial charge in [-0.2, -0.15) is 0 Å². The number of rotatable bonds is 2. The summed E-state index contributed by atoms with van der Waals surface area (Å²) in [6.07, 6.45) is 2.51. The van der Waals surface area contributed by atoms with E-state index in [0.29, 0.717) is 12.2 Å². The monoisotopic (exact) mass is 314 g/mol. The number of carbonyl (C=O) groups is 2. The van der Waals surface area contributed by atoms with Crippen molar-refractivity contribution < 1.29 is 14.7 Å². The fourth-order valence-electron chi connectivity index (χ4n) is 2.44. The third kappa shape index (κ3) is 2.16. The third-order valence-electron chi connectivity index (χ3n) is 3.40. The molecule has 1 aromatic rings. The van der Waals surface area contributed by atoms with Crippen LogP contribution in [0.2, 0.25) is 0 Å². The Hall–Kier alpha value is -1.30. The topological polar surface area (TPSA) is 62.5 Å². The van der Waals surface area contributed by atoms with Crippen LogP contribution in [0.25, 0.3) is 0 Å². The molecule has 1 saturated heterocycles. The number of amides is 1.